The quantitative estimate of drug-likeness (QED) is 0.267. The topological polar surface area (TPSA) is 123 Å². The highest BCUT2D eigenvalue weighted by atomic mass is 35.5. The fourth-order valence-corrected chi connectivity index (χ4v) is 6.57. The van der Waals surface area contributed by atoms with E-state index in [2.05, 4.69) is 20.0 Å². The van der Waals surface area contributed by atoms with Crippen molar-refractivity contribution < 1.29 is 22.7 Å². The van der Waals surface area contributed by atoms with E-state index in [0.29, 0.717) is 30.2 Å². The molecule has 232 valence electrons. The molecule has 1 heterocycles. The van der Waals surface area contributed by atoms with Crippen LogP contribution in [0.3, 0.4) is 0 Å². The van der Waals surface area contributed by atoms with Crippen molar-refractivity contribution in [3.05, 3.63) is 71.0 Å². The number of nitrogens with zero attached hydrogens (tertiary/aromatic N) is 3. The Kier molecular flexibility index (Phi) is 10.4. The van der Waals surface area contributed by atoms with Crippen LogP contribution in [-0.2, 0) is 27.6 Å². The van der Waals surface area contributed by atoms with Gasteiger partial charge in [0.2, 0.25) is 5.95 Å². The average Bonchev–Trinajstić information content (AvgIpc) is 2.96. The van der Waals surface area contributed by atoms with Gasteiger partial charge in [0.1, 0.15) is 16.2 Å². The molecule has 12 heteroatoms. The summed E-state index contributed by atoms with van der Waals surface area (Å²) >= 11 is 6.08. The Labute approximate surface area is 259 Å². The molecule has 0 atom stereocenters. The largest absolute Gasteiger partial charge is 0.496 e. The monoisotopic (exact) mass is 629 g/mol. The van der Waals surface area contributed by atoms with Crippen molar-refractivity contribution >= 4 is 39.4 Å². The number of rotatable bonds is 10. The lowest BCUT2D eigenvalue weighted by molar-refractivity contribution is 0.0185. The predicted octanol–water partition coefficient (Wildman–Crippen LogP) is 6.31. The summed E-state index contributed by atoms with van der Waals surface area (Å²) in [6.45, 7) is 5.62. The minimum atomic E-state index is -3.85. The van der Waals surface area contributed by atoms with Crippen LogP contribution in [0.5, 0.6) is 5.75 Å². The van der Waals surface area contributed by atoms with E-state index in [0.717, 1.165) is 36.8 Å². The maximum absolute atomic E-state index is 12.8. The van der Waals surface area contributed by atoms with Gasteiger partial charge in [-0.2, -0.15) is 0 Å². The second-order valence-electron chi connectivity index (χ2n) is 11.7. The highest BCUT2D eigenvalue weighted by molar-refractivity contribution is 7.92. The van der Waals surface area contributed by atoms with Gasteiger partial charge in [0.05, 0.1) is 17.8 Å². The van der Waals surface area contributed by atoms with Gasteiger partial charge in [-0.05, 0) is 88.6 Å². The second-order valence-corrected chi connectivity index (χ2v) is 13.8. The van der Waals surface area contributed by atoms with Gasteiger partial charge in [-0.25, -0.2) is 23.2 Å². The lowest BCUT2D eigenvalue weighted by Gasteiger charge is -2.35. The Bertz CT molecular complexity index is 1500. The van der Waals surface area contributed by atoms with Gasteiger partial charge >= 0.3 is 6.09 Å². The Morgan fingerprint density at radius 2 is 1.72 bits per heavy atom. The Morgan fingerprint density at radius 3 is 2.35 bits per heavy atom. The third-order valence-electron chi connectivity index (χ3n) is 7.31. The number of anilines is 2. The molecule has 1 fully saturated rings. The molecule has 43 heavy (non-hydrogen) atoms. The van der Waals surface area contributed by atoms with Crippen LogP contribution in [0.2, 0.25) is 5.02 Å². The zero-order chi connectivity index (χ0) is 31.2. The molecule has 1 aromatic heterocycles. The molecule has 0 aliphatic heterocycles. The summed E-state index contributed by atoms with van der Waals surface area (Å²) in [6.07, 6.45) is 8.28. The van der Waals surface area contributed by atoms with Crippen LogP contribution in [0.15, 0.2) is 59.8 Å². The fourth-order valence-electron chi connectivity index (χ4n) is 5.00. The van der Waals surface area contributed by atoms with E-state index in [9.17, 15) is 13.2 Å². The molecular formula is C31H40ClN5O5S. The molecule has 2 aromatic carbocycles. The first-order valence-electron chi connectivity index (χ1n) is 14.3. The van der Waals surface area contributed by atoms with Gasteiger partial charge in [0.15, 0.2) is 0 Å². The molecule has 0 radical (unpaired) electrons. The van der Waals surface area contributed by atoms with E-state index in [1.807, 2.05) is 46.3 Å². The van der Waals surface area contributed by atoms with E-state index in [1.165, 1.54) is 12.1 Å². The number of methoxy groups -OCH3 is 1. The van der Waals surface area contributed by atoms with Crippen molar-refractivity contribution in [1.29, 1.82) is 0 Å². The van der Waals surface area contributed by atoms with Gasteiger partial charge < -0.3 is 19.7 Å². The lowest BCUT2D eigenvalue weighted by atomic mass is 9.90. The van der Waals surface area contributed by atoms with Crippen molar-refractivity contribution in [3.8, 4) is 5.75 Å². The molecule has 1 saturated carbocycles. The summed E-state index contributed by atoms with van der Waals surface area (Å²) in [5, 5.41) is 3.58. The summed E-state index contributed by atoms with van der Waals surface area (Å²) in [5.74, 6) is 1.16. The molecule has 0 saturated heterocycles. The smallest absolute Gasteiger partial charge is 0.410 e. The Hall–Kier alpha value is -3.57. The maximum atomic E-state index is 12.8. The molecule has 1 aliphatic rings. The van der Waals surface area contributed by atoms with Gasteiger partial charge in [0, 0.05) is 37.6 Å². The molecule has 1 aliphatic carbocycles. The van der Waals surface area contributed by atoms with E-state index in [4.69, 9.17) is 21.1 Å². The average molecular weight is 630 g/mol. The molecule has 4 rings (SSSR count). The van der Waals surface area contributed by atoms with Crippen LogP contribution in [0.25, 0.3) is 0 Å². The molecule has 0 spiro atoms. The van der Waals surface area contributed by atoms with E-state index >= 15 is 0 Å². The number of ether oxygens (including phenoxy) is 2. The second kappa shape index (κ2) is 13.8. The number of hydrogen-bond acceptors (Lipinski definition) is 8. The Morgan fingerprint density at radius 1 is 1.05 bits per heavy atom. The third-order valence-corrected chi connectivity index (χ3v) is 9.19. The normalized spacial score (nSPS) is 17.2. The van der Waals surface area contributed by atoms with Crippen LogP contribution < -0.4 is 14.8 Å². The SMILES string of the molecule is COc1cc(NS(=O)(=O)c2ccccc2Cl)ccc1CCc1cnc(N[C@H]2CC[C@H](N(C)C(=O)OC(C)(C)C)CC2)nc1. The number of carbonyl (C=O) groups excluding carboxylic acids is 1. The number of sulfonamides is 1. The van der Waals surface area contributed by atoms with Crippen molar-refractivity contribution in [1.82, 2.24) is 14.9 Å². The number of benzene rings is 2. The zero-order valence-electron chi connectivity index (χ0n) is 25.3. The van der Waals surface area contributed by atoms with E-state index in [-0.39, 0.29) is 28.1 Å². The third kappa shape index (κ3) is 8.96. The maximum Gasteiger partial charge on any atom is 0.410 e. The van der Waals surface area contributed by atoms with Gasteiger partial charge in [0.25, 0.3) is 10.0 Å². The minimum absolute atomic E-state index is 0.0103. The summed E-state index contributed by atoms with van der Waals surface area (Å²) in [5.41, 5.74) is 1.77. The van der Waals surface area contributed by atoms with Gasteiger partial charge in [-0.3, -0.25) is 4.72 Å². The summed E-state index contributed by atoms with van der Waals surface area (Å²) in [4.78, 5) is 23.2. The summed E-state index contributed by atoms with van der Waals surface area (Å²) in [6, 6.07) is 11.9. The highest BCUT2D eigenvalue weighted by Crippen LogP contribution is 2.29. The number of nitrogens with one attached hydrogen (secondary N) is 2. The van der Waals surface area contributed by atoms with Crippen molar-refractivity contribution in [2.24, 2.45) is 0 Å². The number of amides is 1. The fraction of sp³-hybridized carbons (Fsp3) is 0.452. The molecular weight excluding hydrogens is 590 g/mol. The molecule has 2 N–H and O–H groups in total. The number of aryl methyl sites for hydroxylation is 2. The molecule has 0 bridgehead atoms. The van der Waals surface area contributed by atoms with Gasteiger partial charge in [-0.1, -0.05) is 29.8 Å². The lowest BCUT2D eigenvalue weighted by Crippen LogP contribution is -2.43. The first kappa shape index (κ1) is 32.3. The first-order chi connectivity index (χ1) is 20.3. The summed E-state index contributed by atoms with van der Waals surface area (Å²) < 4.78 is 39.2. The highest BCUT2D eigenvalue weighted by Gasteiger charge is 2.29. The zero-order valence-corrected chi connectivity index (χ0v) is 26.8. The molecule has 10 nitrogen and oxygen atoms in total. The number of carbonyl (C=O) groups is 1. The van der Waals surface area contributed by atoms with E-state index in [1.54, 1.807) is 36.3 Å². The number of halogens is 1. The molecule has 1 amide bonds. The van der Waals surface area contributed by atoms with Crippen LogP contribution in [0, 0.1) is 0 Å². The Balaban J connectivity index is 1.28. The van der Waals surface area contributed by atoms with Crippen molar-refractivity contribution in [2.45, 2.75) is 81.9 Å². The van der Waals surface area contributed by atoms with E-state index < -0.39 is 15.6 Å². The minimum Gasteiger partial charge on any atom is -0.496 e. The van der Waals surface area contributed by atoms with Crippen LogP contribution in [0.1, 0.15) is 57.6 Å². The standard InChI is InChI=1S/C31H40ClN5O5S/c1-31(2,3)42-30(38)37(4)25-16-14-23(15-17-25)35-29-33-19-21(20-34-29)10-11-22-12-13-24(18-27(22)41-5)36-43(39,40)28-9-7-6-8-26(28)32/h6-9,12-13,18-20,23,25,36H,10-11,14-17H2,1-5H3,(H,33,34,35)/t23-,25-. The first-order valence-corrected chi connectivity index (χ1v) is 16.2. The molecule has 3 aromatic rings. The number of aromatic nitrogens is 2. The summed E-state index contributed by atoms with van der Waals surface area (Å²) in [7, 11) is -0.488. The predicted molar refractivity (Wildman–Crippen MR) is 168 cm³/mol. The van der Waals surface area contributed by atoms with Crippen LogP contribution in [-0.4, -0.2) is 61.2 Å². The number of hydrogen-bond donors (Lipinski definition) is 2. The van der Waals surface area contributed by atoms with Crippen molar-refractivity contribution in [2.75, 3.05) is 24.2 Å². The van der Waals surface area contributed by atoms with Crippen LogP contribution >= 0.6 is 11.6 Å². The molecule has 0 unspecified atom stereocenters. The van der Waals surface area contributed by atoms with Crippen LogP contribution in [0.4, 0.5) is 16.4 Å². The van der Waals surface area contributed by atoms with Gasteiger partial charge in [-0.15, -0.1) is 0 Å². The van der Waals surface area contributed by atoms with Crippen molar-refractivity contribution in [3.63, 3.8) is 0 Å².